The average Bonchev–Trinajstić information content (AvgIpc) is 3.18. The molecule has 3 unspecified atom stereocenters. The van der Waals surface area contributed by atoms with Crippen LogP contribution in [-0.4, -0.2) is 46.7 Å². The molecule has 0 amide bonds. The van der Waals surface area contributed by atoms with Crippen molar-refractivity contribution in [3.8, 4) is 0 Å². The maximum absolute atomic E-state index is 14.4. The molecule has 2 fully saturated rings. The zero-order valence-corrected chi connectivity index (χ0v) is 15.1. The van der Waals surface area contributed by atoms with Crippen LogP contribution in [0.1, 0.15) is 44.4 Å². The van der Waals surface area contributed by atoms with E-state index in [4.69, 9.17) is 0 Å². The Morgan fingerprint density at radius 1 is 1.31 bits per heavy atom. The predicted octanol–water partition coefficient (Wildman–Crippen LogP) is 2.66. The quantitative estimate of drug-likeness (QED) is 0.884. The zero-order valence-electron chi connectivity index (χ0n) is 15.1. The third-order valence-electron chi connectivity index (χ3n) is 6.21. The lowest BCUT2D eigenvalue weighted by Gasteiger charge is -2.39. The minimum Gasteiger partial charge on any atom is -0.481 e. The van der Waals surface area contributed by atoms with Gasteiger partial charge in [-0.2, -0.15) is 13.8 Å². The first-order valence-corrected chi connectivity index (χ1v) is 9.31. The van der Waals surface area contributed by atoms with Gasteiger partial charge in [0.2, 0.25) is 5.95 Å². The molecule has 26 heavy (non-hydrogen) atoms. The highest BCUT2D eigenvalue weighted by Crippen LogP contribution is 2.45. The van der Waals surface area contributed by atoms with Crippen LogP contribution in [0.5, 0.6) is 0 Å². The SMILES string of the molecule is CC(C(=O)O)C1CCN(c2nc(N3CCC3C)nc3c2CCC3(F)F)C1. The van der Waals surface area contributed by atoms with E-state index in [0.29, 0.717) is 30.4 Å². The fourth-order valence-corrected chi connectivity index (χ4v) is 4.19. The van der Waals surface area contributed by atoms with E-state index in [1.165, 1.54) is 0 Å². The molecule has 0 aromatic carbocycles. The molecule has 0 spiro atoms. The second kappa shape index (κ2) is 6.03. The van der Waals surface area contributed by atoms with Crippen molar-refractivity contribution < 1.29 is 18.7 Å². The van der Waals surface area contributed by atoms with Crippen molar-refractivity contribution in [2.45, 2.75) is 51.5 Å². The molecule has 0 bridgehead atoms. The Morgan fingerprint density at radius 2 is 2.08 bits per heavy atom. The number of alkyl halides is 2. The highest BCUT2D eigenvalue weighted by atomic mass is 19.3. The molecule has 1 aromatic heterocycles. The smallest absolute Gasteiger partial charge is 0.306 e. The number of carboxylic acid groups (broad SMARTS) is 1. The molecule has 0 radical (unpaired) electrons. The number of halogens is 2. The highest BCUT2D eigenvalue weighted by Gasteiger charge is 2.45. The predicted molar refractivity (Wildman–Crippen MR) is 92.8 cm³/mol. The standard InChI is InChI=1S/C18H24F2N4O2/c1-10-4-8-24(10)17-21-14-13(3-6-18(14,19)20)15(22-17)23-7-5-12(9-23)11(2)16(25)26/h10-12H,3-9H2,1-2H3,(H,25,26). The lowest BCUT2D eigenvalue weighted by molar-refractivity contribution is -0.142. The van der Waals surface area contributed by atoms with Crippen molar-refractivity contribution >= 4 is 17.7 Å². The summed E-state index contributed by atoms with van der Waals surface area (Å²) in [6.45, 7) is 5.72. The van der Waals surface area contributed by atoms with Gasteiger partial charge in [-0.1, -0.05) is 6.92 Å². The van der Waals surface area contributed by atoms with Crippen molar-refractivity contribution in [3.63, 3.8) is 0 Å². The minimum atomic E-state index is -2.91. The van der Waals surface area contributed by atoms with Gasteiger partial charge in [-0.15, -0.1) is 0 Å². The first-order valence-electron chi connectivity index (χ1n) is 9.31. The monoisotopic (exact) mass is 366 g/mol. The number of carboxylic acids is 1. The number of rotatable bonds is 4. The zero-order chi connectivity index (χ0) is 18.6. The van der Waals surface area contributed by atoms with Gasteiger partial charge < -0.3 is 14.9 Å². The van der Waals surface area contributed by atoms with E-state index < -0.39 is 17.8 Å². The Hall–Kier alpha value is -1.99. The van der Waals surface area contributed by atoms with Crippen LogP contribution in [0.2, 0.25) is 0 Å². The maximum atomic E-state index is 14.4. The first-order chi connectivity index (χ1) is 12.3. The topological polar surface area (TPSA) is 69.6 Å². The molecule has 1 aliphatic carbocycles. The molecule has 0 saturated carbocycles. The van der Waals surface area contributed by atoms with Gasteiger partial charge in [-0.25, -0.2) is 4.98 Å². The summed E-state index contributed by atoms with van der Waals surface area (Å²) in [6.07, 6.45) is 1.78. The average molecular weight is 366 g/mol. The number of fused-ring (bicyclic) bond motifs is 1. The summed E-state index contributed by atoms with van der Waals surface area (Å²) in [4.78, 5) is 24.1. The fraction of sp³-hybridized carbons (Fsp3) is 0.722. The fourth-order valence-electron chi connectivity index (χ4n) is 4.19. The van der Waals surface area contributed by atoms with Crippen LogP contribution < -0.4 is 9.80 Å². The first kappa shape index (κ1) is 17.4. The molecule has 2 aliphatic heterocycles. The third kappa shape index (κ3) is 2.70. The lowest BCUT2D eigenvalue weighted by Crippen LogP contribution is -2.47. The van der Waals surface area contributed by atoms with Crippen LogP contribution in [0.15, 0.2) is 0 Å². The van der Waals surface area contributed by atoms with Gasteiger partial charge in [0.1, 0.15) is 11.5 Å². The molecule has 1 N–H and O–H groups in total. The number of nitrogens with zero attached hydrogens (tertiary/aromatic N) is 4. The Morgan fingerprint density at radius 3 is 2.69 bits per heavy atom. The summed E-state index contributed by atoms with van der Waals surface area (Å²) >= 11 is 0. The van der Waals surface area contributed by atoms with E-state index in [2.05, 4.69) is 9.97 Å². The largest absolute Gasteiger partial charge is 0.481 e. The molecular weight excluding hydrogens is 342 g/mol. The molecule has 3 heterocycles. The third-order valence-corrected chi connectivity index (χ3v) is 6.21. The van der Waals surface area contributed by atoms with E-state index in [9.17, 15) is 18.7 Å². The highest BCUT2D eigenvalue weighted by molar-refractivity contribution is 5.70. The van der Waals surface area contributed by atoms with Crippen molar-refractivity contribution in [3.05, 3.63) is 11.3 Å². The molecule has 8 heteroatoms. The Balaban J connectivity index is 1.69. The van der Waals surface area contributed by atoms with Gasteiger partial charge in [0, 0.05) is 37.7 Å². The summed E-state index contributed by atoms with van der Waals surface area (Å²) in [6, 6.07) is 0.259. The molecule has 6 nitrogen and oxygen atoms in total. The summed E-state index contributed by atoms with van der Waals surface area (Å²) in [5.74, 6) is -3.21. The second-order valence-electron chi connectivity index (χ2n) is 7.83. The van der Waals surface area contributed by atoms with Crippen molar-refractivity contribution in [2.75, 3.05) is 29.4 Å². The van der Waals surface area contributed by atoms with E-state index >= 15 is 0 Å². The molecule has 1 aromatic rings. The normalized spacial score (nSPS) is 28.0. The van der Waals surface area contributed by atoms with Crippen molar-refractivity contribution in [1.29, 1.82) is 0 Å². The number of carbonyl (C=O) groups is 1. The van der Waals surface area contributed by atoms with E-state index in [1.807, 2.05) is 16.7 Å². The van der Waals surface area contributed by atoms with Gasteiger partial charge in [0.05, 0.1) is 5.92 Å². The molecular formula is C18H24F2N4O2. The van der Waals surface area contributed by atoms with Gasteiger partial charge in [-0.05, 0) is 32.1 Å². The number of anilines is 2. The van der Waals surface area contributed by atoms with Crippen LogP contribution in [0.4, 0.5) is 20.5 Å². The Labute approximate surface area is 151 Å². The van der Waals surface area contributed by atoms with Gasteiger partial charge in [-0.3, -0.25) is 4.79 Å². The number of hydrogen-bond donors (Lipinski definition) is 1. The Bertz CT molecular complexity index is 742. The van der Waals surface area contributed by atoms with Crippen LogP contribution in [-0.2, 0) is 17.1 Å². The molecule has 3 atom stereocenters. The van der Waals surface area contributed by atoms with E-state index in [-0.39, 0.29) is 30.5 Å². The second-order valence-corrected chi connectivity index (χ2v) is 7.83. The minimum absolute atomic E-state index is 0.00594. The van der Waals surface area contributed by atoms with Crippen molar-refractivity contribution in [2.24, 2.45) is 11.8 Å². The number of hydrogen-bond acceptors (Lipinski definition) is 5. The van der Waals surface area contributed by atoms with Gasteiger partial charge >= 0.3 is 5.97 Å². The maximum Gasteiger partial charge on any atom is 0.306 e. The number of aromatic nitrogens is 2. The summed E-state index contributed by atoms with van der Waals surface area (Å²) in [7, 11) is 0. The van der Waals surface area contributed by atoms with Crippen LogP contribution in [0.25, 0.3) is 0 Å². The summed E-state index contributed by atoms with van der Waals surface area (Å²) < 4.78 is 28.7. The van der Waals surface area contributed by atoms with Crippen LogP contribution in [0, 0.1) is 11.8 Å². The van der Waals surface area contributed by atoms with Gasteiger partial charge in [0.15, 0.2) is 0 Å². The lowest BCUT2D eigenvalue weighted by atomic mass is 9.94. The summed E-state index contributed by atoms with van der Waals surface area (Å²) in [5.41, 5.74) is 0.405. The van der Waals surface area contributed by atoms with Crippen LogP contribution in [0.3, 0.4) is 0 Å². The van der Waals surface area contributed by atoms with E-state index in [1.54, 1.807) is 6.92 Å². The molecule has 4 rings (SSSR count). The molecule has 3 aliphatic rings. The Kier molecular flexibility index (Phi) is 4.04. The number of aliphatic carboxylic acids is 1. The molecule has 2 saturated heterocycles. The van der Waals surface area contributed by atoms with E-state index in [0.717, 1.165) is 19.4 Å². The van der Waals surface area contributed by atoms with Crippen LogP contribution >= 0.6 is 0 Å². The van der Waals surface area contributed by atoms with Crippen molar-refractivity contribution in [1.82, 2.24) is 9.97 Å². The summed E-state index contributed by atoms with van der Waals surface area (Å²) in [5, 5.41) is 9.26. The van der Waals surface area contributed by atoms with Gasteiger partial charge in [0.25, 0.3) is 5.92 Å². The molecule has 142 valence electrons.